The highest BCUT2D eigenvalue weighted by molar-refractivity contribution is 7.92. The third-order valence-corrected chi connectivity index (χ3v) is 4.78. The molecule has 0 aliphatic rings. The monoisotopic (exact) mass is 361 g/mol. The van der Waals surface area contributed by atoms with E-state index in [4.69, 9.17) is 0 Å². The standard InChI is InChI=1S/C16H15N3O3S2/c1-10-3-5-11(6-4-10)15(20)18-16-17-13-9-12(19-24(2,21)22)7-8-14(13)23-16/h3-9,19H,1-2H3,(H,17,18,20). The van der Waals surface area contributed by atoms with Gasteiger partial charge in [-0.2, -0.15) is 0 Å². The first-order valence-corrected chi connectivity index (χ1v) is 9.77. The van der Waals surface area contributed by atoms with Crippen molar-refractivity contribution in [1.29, 1.82) is 0 Å². The molecule has 0 radical (unpaired) electrons. The van der Waals surface area contributed by atoms with Gasteiger partial charge in [-0.25, -0.2) is 13.4 Å². The molecule has 3 aromatic rings. The summed E-state index contributed by atoms with van der Waals surface area (Å²) in [4.78, 5) is 16.6. The Hall–Kier alpha value is -2.45. The van der Waals surface area contributed by atoms with Crippen LogP contribution >= 0.6 is 11.3 Å². The van der Waals surface area contributed by atoms with Crippen LogP contribution in [0.25, 0.3) is 10.2 Å². The number of nitrogens with one attached hydrogen (secondary N) is 2. The maximum absolute atomic E-state index is 12.2. The van der Waals surface area contributed by atoms with Gasteiger partial charge in [0, 0.05) is 5.56 Å². The molecule has 0 atom stereocenters. The molecule has 0 saturated heterocycles. The Labute approximate surface area is 143 Å². The second-order valence-corrected chi connectivity index (χ2v) is 8.18. The molecular formula is C16H15N3O3S2. The molecule has 0 fully saturated rings. The molecule has 3 rings (SSSR count). The van der Waals surface area contributed by atoms with Gasteiger partial charge >= 0.3 is 0 Å². The number of fused-ring (bicyclic) bond motifs is 1. The molecule has 2 aromatic carbocycles. The van der Waals surface area contributed by atoms with Crippen molar-refractivity contribution in [2.75, 3.05) is 16.3 Å². The molecule has 0 aliphatic heterocycles. The van der Waals surface area contributed by atoms with Gasteiger partial charge in [-0.15, -0.1) is 0 Å². The average Bonchev–Trinajstić information content (AvgIpc) is 2.87. The number of amides is 1. The predicted octanol–water partition coefficient (Wildman–Crippen LogP) is 3.23. The lowest BCUT2D eigenvalue weighted by molar-refractivity contribution is 0.102. The first-order chi connectivity index (χ1) is 11.3. The zero-order chi connectivity index (χ0) is 17.3. The van der Waals surface area contributed by atoms with Crippen LogP contribution < -0.4 is 10.0 Å². The summed E-state index contributed by atoms with van der Waals surface area (Å²) in [5.41, 5.74) is 2.69. The van der Waals surface area contributed by atoms with Gasteiger partial charge in [-0.05, 0) is 37.3 Å². The van der Waals surface area contributed by atoms with Crippen LogP contribution in [-0.2, 0) is 10.0 Å². The molecule has 0 bridgehead atoms. The Kier molecular flexibility index (Phi) is 4.25. The van der Waals surface area contributed by atoms with Gasteiger partial charge in [0.2, 0.25) is 10.0 Å². The van der Waals surface area contributed by atoms with Crippen molar-refractivity contribution in [2.24, 2.45) is 0 Å². The van der Waals surface area contributed by atoms with Crippen molar-refractivity contribution in [3.8, 4) is 0 Å². The van der Waals surface area contributed by atoms with Crippen LogP contribution in [0.4, 0.5) is 10.8 Å². The highest BCUT2D eigenvalue weighted by Crippen LogP contribution is 2.28. The molecule has 124 valence electrons. The van der Waals surface area contributed by atoms with E-state index in [1.165, 1.54) is 11.3 Å². The molecular weight excluding hydrogens is 346 g/mol. The van der Waals surface area contributed by atoms with Crippen molar-refractivity contribution in [2.45, 2.75) is 6.92 Å². The number of rotatable bonds is 4. The molecule has 2 N–H and O–H groups in total. The van der Waals surface area contributed by atoms with Crippen molar-refractivity contribution in [1.82, 2.24) is 4.98 Å². The number of benzene rings is 2. The summed E-state index contributed by atoms with van der Waals surface area (Å²) in [6.45, 7) is 1.96. The van der Waals surface area contributed by atoms with Gasteiger partial charge < -0.3 is 0 Å². The first-order valence-electron chi connectivity index (χ1n) is 7.06. The number of hydrogen-bond donors (Lipinski definition) is 2. The summed E-state index contributed by atoms with van der Waals surface area (Å²) in [5.74, 6) is -0.233. The molecule has 6 nitrogen and oxygen atoms in total. The van der Waals surface area contributed by atoms with Crippen molar-refractivity contribution in [3.63, 3.8) is 0 Å². The largest absolute Gasteiger partial charge is 0.298 e. The minimum atomic E-state index is -3.34. The smallest absolute Gasteiger partial charge is 0.257 e. The Balaban J connectivity index is 1.82. The topological polar surface area (TPSA) is 88.2 Å². The summed E-state index contributed by atoms with van der Waals surface area (Å²) in [7, 11) is -3.34. The van der Waals surface area contributed by atoms with Crippen LogP contribution in [-0.4, -0.2) is 25.6 Å². The maximum Gasteiger partial charge on any atom is 0.257 e. The number of carbonyl (C=O) groups excluding carboxylic acids is 1. The van der Waals surface area contributed by atoms with Crippen LogP contribution in [0.3, 0.4) is 0 Å². The van der Waals surface area contributed by atoms with Crippen molar-refractivity contribution >= 4 is 48.3 Å². The zero-order valence-corrected chi connectivity index (χ0v) is 14.7. The Morgan fingerprint density at radius 3 is 2.50 bits per heavy atom. The van der Waals surface area contributed by atoms with E-state index in [0.717, 1.165) is 16.5 Å². The number of anilines is 2. The minimum Gasteiger partial charge on any atom is -0.298 e. The summed E-state index contributed by atoms with van der Waals surface area (Å²) >= 11 is 1.33. The van der Waals surface area contributed by atoms with Gasteiger partial charge in [0.1, 0.15) is 0 Å². The Morgan fingerprint density at radius 1 is 1.12 bits per heavy atom. The molecule has 0 unspecified atom stereocenters. The van der Waals surface area contributed by atoms with E-state index in [2.05, 4.69) is 15.0 Å². The van der Waals surface area contributed by atoms with Crippen molar-refractivity contribution < 1.29 is 13.2 Å². The predicted molar refractivity (Wildman–Crippen MR) is 97.2 cm³/mol. The fourth-order valence-electron chi connectivity index (χ4n) is 2.13. The Morgan fingerprint density at radius 2 is 1.83 bits per heavy atom. The van der Waals surface area contributed by atoms with Crippen LogP contribution in [0.5, 0.6) is 0 Å². The minimum absolute atomic E-state index is 0.233. The SMILES string of the molecule is Cc1ccc(C(=O)Nc2nc3cc(NS(C)(=O)=O)ccc3s2)cc1. The summed E-state index contributed by atoms with van der Waals surface area (Å²) in [6.07, 6.45) is 1.09. The average molecular weight is 361 g/mol. The number of thiazole rings is 1. The van der Waals surface area contributed by atoms with Crippen LogP contribution in [0.15, 0.2) is 42.5 Å². The fourth-order valence-corrected chi connectivity index (χ4v) is 3.53. The maximum atomic E-state index is 12.2. The number of nitrogens with zero attached hydrogens (tertiary/aromatic N) is 1. The molecule has 0 spiro atoms. The van der Waals surface area contributed by atoms with Gasteiger partial charge in [0.25, 0.3) is 5.91 Å². The zero-order valence-electron chi connectivity index (χ0n) is 13.0. The molecule has 1 aromatic heterocycles. The van der Waals surface area contributed by atoms with Crippen LogP contribution in [0, 0.1) is 6.92 Å². The van der Waals surface area contributed by atoms with Gasteiger partial charge in [-0.1, -0.05) is 29.0 Å². The second kappa shape index (κ2) is 6.21. The van der Waals surface area contributed by atoms with Crippen LogP contribution in [0.1, 0.15) is 15.9 Å². The van der Waals surface area contributed by atoms with Gasteiger partial charge in [0.15, 0.2) is 5.13 Å². The van der Waals surface area contributed by atoms with E-state index >= 15 is 0 Å². The summed E-state index contributed by atoms with van der Waals surface area (Å²) < 4.78 is 25.8. The number of aromatic nitrogens is 1. The van der Waals surface area contributed by atoms with E-state index in [1.54, 1.807) is 30.3 Å². The molecule has 1 amide bonds. The number of carbonyl (C=O) groups is 1. The molecule has 8 heteroatoms. The number of aryl methyl sites for hydroxylation is 1. The van der Waals surface area contributed by atoms with Gasteiger partial charge in [0.05, 0.1) is 22.2 Å². The molecule has 24 heavy (non-hydrogen) atoms. The van der Waals surface area contributed by atoms with E-state index in [9.17, 15) is 13.2 Å². The third-order valence-electron chi connectivity index (χ3n) is 3.23. The fraction of sp³-hybridized carbons (Fsp3) is 0.125. The first kappa shape index (κ1) is 16.4. The lowest BCUT2D eigenvalue weighted by Gasteiger charge is -2.02. The van der Waals surface area contributed by atoms with E-state index < -0.39 is 10.0 Å². The third kappa shape index (κ3) is 3.90. The summed E-state index contributed by atoms with van der Waals surface area (Å²) in [6, 6.07) is 12.3. The van der Waals surface area contributed by atoms with E-state index in [0.29, 0.717) is 21.9 Å². The lowest BCUT2D eigenvalue weighted by Crippen LogP contribution is -2.11. The molecule has 0 saturated carbocycles. The van der Waals surface area contributed by atoms with E-state index in [1.807, 2.05) is 19.1 Å². The second-order valence-electron chi connectivity index (χ2n) is 5.40. The highest BCUT2D eigenvalue weighted by Gasteiger charge is 2.11. The van der Waals surface area contributed by atoms with E-state index in [-0.39, 0.29) is 5.91 Å². The Bertz CT molecular complexity index is 1010. The number of sulfonamides is 1. The quantitative estimate of drug-likeness (QED) is 0.747. The summed E-state index contributed by atoms with van der Waals surface area (Å²) in [5, 5.41) is 3.23. The molecule has 0 aliphatic carbocycles. The highest BCUT2D eigenvalue weighted by atomic mass is 32.2. The van der Waals surface area contributed by atoms with Gasteiger partial charge in [-0.3, -0.25) is 14.8 Å². The molecule has 1 heterocycles. The lowest BCUT2D eigenvalue weighted by atomic mass is 10.1. The van der Waals surface area contributed by atoms with Crippen LogP contribution in [0.2, 0.25) is 0 Å². The normalized spacial score (nSPS) is 11.4. The number of hydrogen-bond acceptors (Lipinski definition) is 5. The van der Waals surface area contributed by atoms with Crippen molar-refractivity contribution in [3.05, 3.63) is 53.6 Å².